The average molecular weight is 397 g/mol. The number of likely N-dealkylation sites (N-methyl/N-ethyl adjacent to an activating group) is 1. The topological polar surface area (TPSA) is 145 Å². The molecular formula is C15H19N5O6S. The number of tetrazole rings is 1. The number of carbonyl (C=O) groups is 2. The summed E-state index contributed by atoms with van der Waals surface area (Å²) in [4.78, 5) is 24.7. The van der Waals surface area contributed by atoms with Gasteiger partial charge in [-0.25, -0.2) is 8.42 Å². The Labute approximate surface area is 155 Å². The van der Waals surface area contributed by atoms with E-state index < -0.39 is 38.3 Å². The largest absolute Gasteiger partial charge is 0.480 e. The third-order valence-corrected chi connectivity index (χ3v) is 5.41. The van der Waals surface area contributed by atoms with Gasteiger partial charge < -0.3 is 14.7 Å². The Morgan fingerprint density at radius 3 is 2.41 bits per heavy atom. The summed E-state index contributed by atoms with van der Waals surface area (Å²) in [5, 5.41) is 17.4. The molecule has 1 aromatic heterocycles. The van der Waals surface area contributed by atoms with E-state index in [-0.39, 0.29) is 6.54 Å². The minimum Gasteiger partial charge on any atom is -0.480 e. The van der Waals surface area contributed by atoms with E-state index in [4.69, 9.17) is 4.74 Å². The predicted octanol–water partition coefficient (Wildman–Crippen LogP) is -0.617. The fraction of sp³-hybridized carbons (Fsp3) is 0.400. The van der Waals surface area contributed by atoms with E-state index in [1.807, 2.05) is 0 Å². The van der Waals surface area contributed by atoms with Gasteiger partial charge >= 0.3 is 11.9 Å². The maximum atomic E-state index is 13.1. The maximum absolute atomic E-state index is 13.1. The van der Waals surface area contributed by atoms with Gasteiger partial charge in [-0.05, 0) is 36.7 Å². The van der Waals surface area contributed by atoms with Crippen molar-refractivity contribution in [3.8, 4) is 5.69 Å². The molecule has 146 valence electrons. The van der Waals surface area contributed by atoms with Crippen molar-refractivity contribution in [1.82, 2.24) is 25.1 Å². The highest BCUT2D eigenvalue weighted by atomic mass is 32.2. The van der Waals surface area contributed by atoms with Crippen LogP contribution < -0.4 is 0 Å². The predicted molar refractivity (Wildman–Crippen MR) is 91.9 cm³/mol. The van der Waals surface area contributed by atoms with Crippen molar-refractivity contribution in [3.63, 3.8) is 0 Å². The average Bonchev–Trinajstić information content (AvgIpc) is 3.04. The van der Waals surface area contributed by atoms with Gasteiger partial charge in [0, 0.05) is 13.5 Å². The molecule has 2 rings (SSSR count). The molecule has 0 spiro atoms. The molecule has 0 bridgehead atoms. The second-order valence-corrected chi connectivity index (χ2v) is 7.89. The zero-order chi connectivity index (χ0) is 20.2. The molecule has 2 aromatic rings. The second-order valence-electron chi connectivity index (χ2n) is 5.92. The lowest BCUT2D eigenvalue weighted by Gasteiger charge is -2.25. The maximum Gasteiger partial charge on any atom is 0.326 e. The van der Waals surface area contributed by atoms with E-state index in [2.05, 4.69) is 15.5 Å². The summed E-state index contributed by atoms with van der Waals surface area (Å²) in [5.74, 6) is -2.48. The van der Waals surface area contributed by atoms with Crippen molar-refractivity contribution in [3.05, 3.63) is 30.3 Å². The molecule has 0 amide bonds. The quantitative estimate of drug-likeness (QED) is 0.572. The normalized spacial score (nSPS) is 13.9. The molecule has 2 atom stereocenters. The van der Waals surface area contributed by atoms with Crippen molar-refractivity contribution >= 4 is 21.8 Å². The number of ether oxygens (including phenoxy) is 1. The molecular weight excluding hydrogens is 378 g/mol. The number of sulfone groups is 1. The number of para-hydroxylation sites is 1. The molecule has 1 N–H and O–H groups in total. The molecule has 11 nitrogen and oxygen atoms in total. The van der Waals surface area contributed by atoms with Crippen LogP contribution in [0.3, 0.4) is 0 Å². The van der Waals surface area contributed by atoms with Crippen molar-refractivity contribution in [2.75, 3.05) is 20.6 Å². The first-order chi connectivity index (χ1) is 12.6. The van der Waals surface area contributed by atoms with Crippen LogP contribution in [0.1, 0.15) is 6.92 Å². The smallest absolute Gasteiger partial charge is 0.326 e. The molecule has 27 heavy (non-hydrogen) atoms. The van der Waals surface area contributed by atoms with Crippen LogP contribution >= 0.6 is 0 Å². The minimum absolute atomic E-state index is 0.122. The zero-order valence-electron chi connectivity index (χ0n) is 14.9. The Morgan fingerprint density at radius 2 is 1.89 bits per heavy atom. The van der Waals surface area contributed by atoms with Crippen LogP contribution in [-0.4, -0.2) is 82.6 Å². The summed E-state index contributed by atoms with van der Waals surface area (Å²) in [6.45, 7) is 0.949. The van der Waals surface area contributed by atoms with Crippen molar-refractivity contribution in [2.24, 2.45) is 0 Å². The van der Waals surface area contributed by atoms with E-state index in [0.717, 1.165) is 11.6 Å². The van der Waals surface area contributed by atoms with E-state index >= 15 is 0 Å². The van der Waals surface area contributed by atoms with Crippen LogP contribution in [0.2, 0.25) is 0 Å². The van der Waals surface area contributed by atoms with Gasteiger partial charge in [0.1, 0.15) is 6.10 Å². The molecule has 12 heteroatoms. The number of aliphatic carboxylic acids is 1. The number of benzene rings is 1. The number of rotatable bonds is 8. The van der Waals surface area contributed by atoms with Gasteiger partial charge in [0.05, 0.1) is 5.69 Å². The molecule has 2 unspecified atom stereocenters. The number of esters is 1. The summed E-state index contributed by atoms with van der Waals surface area (Å²) in [5.41, 5.74) is 0.335. The van der Waals surface area contributed by atoms with E-state index in [1.165, 1.54) is 4.90 Å². The third kappa shape index (κ3) is 4.65. The summed E-state index contributed by atoms with van der Waals surface area (Å²) in [6.07, 6.45) is -1.46. The molecule has 0 radical (unpaired) electrons. The zero-order valence-corrected chi connectivity index (χ0v) is 15.7. The van der Waals surface area contributed by atoms with Crippen LogP contribution in [0.4, 0.5) is 0 Å². The first kappa shape index (κ1) is 20.5. The standard InChI is InChI=1S/C15H19N5O6S/c1-10(21)26-12(9-19(2)3)13(14(22)23)27(24,25)15-16-17-18-20(15)11-7-5-4-6-8-11/h4-8,12-13H,9H2,1-3H3,(H,22,23). The van der Waals surface area contributed by atoms with Gasteiger partial charge in [-0.2, -0.15) is 4.68 Å². The molecule has 0 aliphatic carbocycles. The Morgan fingerprint density at radius 1 is 1.26 bits per heavy atom. The second kappa shape index (κ2) is 8.22. The van der Waals surface area contributed by atoms with Crippen LogP contribution in [0.25, 0.3) is 5.69 Å². The van der Waals surface area contributed by atoms with Gasteiger partial charge in [-0.15, -0.1) is 0 Å². The Hall–Kier alpha value is -2.86. The lowest BCUT2D eigenvalue weighted by Crippen LogP contribution is -2.48. The van der Waals surface area contributed by atoms with Gasteiger partial charge in [-0.1, -0.05) is 23.3 Å². The summed E-state index contributed by atoms with van der Waals surface area (Å²) < 4.78 is 32.1. The molecule has 0 saturated carbocycles. The van der Waals surface area contributed by atoms with E-state index in [0.29, 0.717) is 5.69 Å². The number of carboxylic acids is 1. The first-order valence-corrected chi connectivity index (χ1v) is 9.31. The number of hydrogen-bond acceptors (Lipinski definition) is 9. The number of nitrogens with zero attached hydrogens (tertiary/aromatic N) is 5. The number of carbonyl (C=O) groups excluding carboxylic acids is 1. The number of hydrogen-bond donors (Lipinski definition) is 1. The van der Waals surface area contributed by atoms with Crippen LogP contribution in [0.5, 0.6) is 0 Å². The summed E-state index contributed by atoms with van der Waals surface area (Å²) in [6, 6.07) is 8.14. The van der Waals surface area contributed by atoms with Gasteiger partial charge in [0.2, 0.25) is 15.1 Å². The lowest BCUT2D eigenvalue weighted by atomic mass is 10.2. The SMILES string of the molecule is CC(=O)OC(CN(C)C)C(C(=O)O)S(=O)(=O)c1nnnn1-c1ccccc1. The lowest BCUT2D eigenvalue weighted by molar-refractivity contribution is -0.150. The van der Waals surface area contributed by atoms with Gasteiger partial charge in [-0.3, -0.25) is 9.59 Å². The van der Waals surface area contributed by atoms with Crippen molar-refractivity contribution in [2.45, 2.75) is 23.4 Å². The molecule has 0 saturated heterocycles. The van der Waals surface area contributed by atoms with Crippen LogP contribution in [0.15, 0.2) is 35.5 Å². The summed E-state index contributed by atoms with van der Waals surface area (Å²) in [7, 11) is -1.42. The van der Waals surface area contributed by atoms with Gasteiger partial charge in [0.15, 0.2) is 0 Å². The Balaban J connectivity index is 2.55. The van der Waals surface area contributed by atoms with Crippen LogP contribution in [-0.2, 0) is 24.2 Å². The highest BCUT2D eigenvalue weighted by Gasteiger charge is 2.46. The first-order valence-electron chi connectivity index (χ1n) is 7.77. The third-order valence-electron chi connectivity index (χ3n) is 3.47. The summed E-state index contributed by atoms with van der Waals surface area (Å²) >= 11 is 0. The molecule has 0 fully saturated rings. The van der Waals surface area contributed by atoms with Crippen molar-refractivity contribution in [1.29, 1.82) is 0 Å². The molecule has 1 aromatic carbocycles. The van der Waals surface area contributed by atoms with E-state index in [1.54, 1.807) is 44.4 Å². The monoisotopic (exact) mass is 397 g/mol. The molecule has 0 aliphatic heterocycles. The van der Waals surface area contributed by atoms with E-state index in [9.17, 15) is 23.1 Å². The fourth-order valence-electron chi connectivity index (χ4n) is 2.46. The fourth-order valence-corrected chi connectivity index (χ4v) is 4.03. The molecule has 1 heterocycles. The highest BCUT2D eigenvalue weighted by Crippen LogP contribution is 2.21. The Kier molecular flexibility index (Phi) is 6.23. The minimum atomic E-state index is -4.60. The highest BCUT2D eigenvalue weighted by molar-refractivity contribution is 7.92. The molecule has 0 aliphatic rings. The number of aromatic nitrogens is 4. The number of carboxylic acid groups (broad SMARTS) is 1. The van der Waals surface area contributed by atoms with Gasteiger partial charge in [0.25, 0.3) is 5.16 Å². The van der Waals surface area contributed by atoms with Crippen LogP contribution in [0, 0.1) is 0 Å². The Bertz CT molecular complexity index is 912. The van der Waals surface area contributed by atoms with Crippen molar-refractivity contribution < 1.29 is 27.9 Å².